The molecular formula is C8H6O. The summed E-state index contributed by atoms with van der Waals surface area (Å²) >= 11 is 0. The van der Waals surface area contributed by atoms with Crippen LogP contribution in [0.1, 0.15) is 8.22 Å². The summed E-state index contributed by atoms with van der Waals surface area (Å²) in [6.07, 6.45) is -0.447. The van der Waals surface area contributed by atoms with E-state index < -0.39 is 18.3 Å². The van der Waals surface area contributed by atoms with Crippen LogP contribution in [0.3, 0.4) is 0 Å². The maximum absolute atomic E-state index is 7.53. The molecule has 0 N–H and O–H groups in total. The van der Waals surface area contributed by atoms with Crippen LogP contribution in [0.5, 0.6) is 0 Å². The molecule has 0 saturated heterocycles. The smallest absolute Gasteiger partial charge is 0.133 e. The molecule has 1 aromatic carbocycles. The molecule has 1 nitrogen and oxygen atoms in total. The van der Waals surface area contributed by atoms with Crippen molar-refractivity contribution in [2.45, 2.75) is 0 Å². The summed E-state index contributed by atoms with van der Waals surface area (Å²) in [5, 5.41) is -0.0361. The van der Waals surface area contributed by atoms with Crippen molar-refractivity contribution in [1.29, 1.82) is 0 Å². The fourth-order valence-corrected chi connectivity index (χ4v) is 0.593. The summed E-state index contributed by atoms with van der Waals surface area (Å²) < 4.78 is 49.3. The lowest BCUT2D eigenvalue weighted by Crippen LogP contribution is -1.57. The monoisotopic (exact) mass is 124 g/mol. The molecule has 0 saturated carbocycles. The van der Waals surface area contributed by atoms with Crippen LogP contribution < -0.4 is 0 Å². The minimum absolute atomic E-state index is 0.0361. The largest absolute Gasteiger partial charge is 0.464 e. The molecule has 0 atom stereocenters. The number of furan rings is 1. The summed E-state index contributed by atoms with van der Waals surface area (Å²) in [5.74, 6) is 0. The first kappa shape index (κ1) is 1.63. The van der Waals surface area contributed by atoms with E-state index in [4.69, 9.17) is 12.6 Å². The molecule has 1 heterocycles. The van der Waals surface area contributed by atoms with Gasteiger partial charge in [-0.2, -0.15) is 0 Å². The Kier molecular flexibility index (Phi) is 0.293. The van der Waals surface area contributed by atoms with Gasteiger partial charge in [-0.1, -0.05) is 18.1 Å². The molecule has 0 bridgehead atoms. The van der Waals surface area contributed by atoms with Gasteiger partial charge >= 0.3 is 0 Å². The van der Waals surface area contributed by atoms with E-state index >= 15 is 0 Å². The SMILES string of the molecule is [2H]c1oc2c([2H])c([2H])c([2H])c([2H])c2c1[2H]. The zero-order valence-corrected chi connectivity index (χ0v) is 4.41. The summed E-state index contributed by atoms with van der Waals surface area (Å²) in [5.41, 5.74) is -0.129. The van der Waals surface area contributed by atoms with Crippen LogP contribution in [-0.2, 0) is 0 Å². The standard InChI is InChI=1S/C8H6O/c1-2-4-8-7(3-1)5-6-9-8/h1-6H/i1D,2D,3D,4D,5D,6D. The van der Waals surface area contributed by atoms with E-state index in [1.807, 2.05) is 0 Å². The highest BCUT2D eigenvalue weighted by Crippen LogP contribution is 2.12. The highest BCUT2D eigenvalue weighted by Gasteiger charge is 1.89. The molecule has 44 valence electrons. The quantitative estimate of drug-likeness (QED) is 0.525. The summed E-state index contributed by atoms with van der Waals surface area (Å²) in [7, 11) is 0. The van der Waals surface area contributed by atoms with Crippen molar-refractivity contribution in [3.63, 3.8) is 0 Å². The summed E-state index contributed by atoms with van der Waals surface area (Å²) in [6, 6.07) is -1.82. The molecule has 0 radical (unpaired) electrons. The Labute approximate surface area is 61.3 Å². The van der Waals surface area contributed by atoms with Gasteiger partial charge < -0.3 is 4.42 Å². The zero-order valence-electron chi connectivity index (χ0n) is 10.4. The Morgan fingerprint density at radius 3 is 3.11 bits per heavy atom. The van der Waals surface area contributed by atoms with Gasteiger partial charge in [0.2, 0.25) is 0 Å². The Morgan fingerprint density at radius 2 is 2.11 bits per heavy atom. The Bertz CT molecular complexity index is 558. The molecule has 0 amide bonds. The first-order valence-electron chi connectivity index (χ1n) is 5.41. The predicted molar refractivity (Wildman–Crippen MR) is 36.2 cm³/mol. The van der Waals surface area contributed by atoms with Gasteiger partial charge in [0.25, 0.3) is 0 Å². The normalized spacial score (nSPS) is 19.6. The Morgan fingerprint density at radius 1 is 1.22 bits per heavy atom. The molecule has 0 unspecified atom stereocenters. The number of fused-ring (bicyclic) bond motifs is 1. The topological polar surface area (TPSA) is 13.1 Å². The van der Waals surface area contributed by atoms with Gasteiger partial charge in [-0.25, -0.2) is 0 Å². The first-order valence-corrected chi connectivity index (χ1v) is 2.41. The van der Waals surface area contributed by atoms with Gasteiger partial charge in [-0.3, -0.25) is 0 Å². The van der Waals surface area contributed by atoms with E-state index in [1.165, 1.54) is 0 Å². The maximum atomic E-state index is 7.53. The van der Waals surface area contributed by atoms with Crippen molar-refractivity contribution >= 4 is 11.0 Å². The third-order valence-corrected chi connectivity index (χ3v) is 0.982. The fraction of sp³-hybridized carbons (Fsp3) is 0. The van der Waals surface area contributed by atoms with Crippen LogP contribution in [-0.4, -0.2) is 0 Å². The average molecular weight is 124 g/mol. The van der Waals surface area contributed by atoms with Crippen molar-refractivity contribution in [2.24, 2.45) is 0 Å². The van der Waals surface area contributed by atoms with Crippen molar-refractivity contribution < 1.29 is 12.6 Å². The molecule has 0 aliphatic carbocycles. The molecule has 9 heavy (non-hydrogen) atoms. The molecular weight excluding hydrogens is 112 g/mol. The number of para-hydroxylation sites is 1. The highest BCUT2D eigenvalue weighted by atomic mass is 16.3. The molecule has 2 aromatic rings. The number of hydrogen-bond acceptors (Lipinski definition) is 1. The molecule has 0 spiro atoms. The average Bonchev–Trinajstić information content (AvgIpc) is 2.50. The second-order valence-corrected chi connectivity index (χ2v) is 1.53. The lowest BCUT2D eigenvalue weighted by Gasteiger charge is -1.81. The third-order valence-electron chi connectivity index (χ3n) is 0.982. The molecule has 0 aliphatic heterocycles. The number of hydrogen-bond donors (Lipinski definition) is 0. The highest BCUT2D eigenvalue weighted by molar-refractivity contribution is 5.76. The summed E-state index contributed by atoms with van der Waals surface area (Å²) in [6.45, 7) is 0. The van der Waals surface area contributed by atoms with E-state index in [0.29, 0.717) is 0 Å². The molecule has 1 aromatic heterocycles. The molecule has 2 rings (SSSR count). The van der Waals surface area contributed by atoms with Gasteiger partial charge in [-0.15, -0.1) is 0 Å². The van der Waals surface area contributed by atoms with E-state index in [0.717, 1.165) is 0 Å². The van der Waals surface area contributed by atoms with Gasteiger partial charge in [-0.05, 0) is 12.1 Å². The van der Waals surface area contributed by atoms with Crippen LogP contribution in [0.25, 0.3) is 11.0 Å². The van der Waals surface area contributed by atoms with Crippen LogP contribution in [0.2, 0.25) is 0 Å². The maximum Gasteiger partial charge on any atom is 0.133 e. The van der Waals surface area contributed by atoms with Crippen LogP contribution >= 0.6 is 0 Å². The van der Waals surface area contributed by atoms with Crippen LogP contribution in [0.4, 0.5) is 0 Å². The Hall–Kier alpha value is -1.24. The van der Waals surface area contributed by atoms with Crippen molar-refractivity contribution in [3.05, 3.63) is 36.5 Å². The van der Waals surface area contributed by atoms with Crippen LogP contribution in [0, 0.1) is 0 Å². The Balaban J connectivity index is 3.07. The third kappa shape index (κ3) is 0.617. The van der Waals surface area contributed by atoms with E-state index in [2.05, 4.69) is 0 Å². The number of rotatable bonds is 0. The van der Waals surface area contributed by atoms with E-state index in [-0.39, 0.29) is 29.1 Å². The fourth-order valence-electron chi connectivity index (χ4n) is 0.593. The summed E-state index contributed by atoms with van der Waals surface area (Å²) in [4.78, 5) is 0. The van der Waals surface area contributed by atoms with Crippen molar-refractivity contribution in [3.8, 4) is 0 Å². The molecule has 0 aliphatic rings. The zero-order chi connectivity index (χ0) is 11.3. The lowest BCUT2D eigenvalue weighted by molar-refractivity contribution is 0.616. The number of benzene rings is 1. The van der Waals surface area contributed by atoms with E-state index in [9.17, 15) is 0 Å². The second kappa shape index (κ2) is 1.62. The molecule has 1 heteroatoms. The van der Waals surface area contributed by atoms with Gasteiger partial charge in [0, 0.05) is 5.39 Å². The van der Waals surface area contributed by atoms with Gasteiger partial charge in [0.15, 0.2) is 0 Å². The predicted octanol–water partition coefficient (Wildman–Crippen LogP) is 2.43. The minimum Gasteiger partial charge on any atom is -0.464 e. The van der Waals surface area contributed by atoms with Crippen molar-refractivity contribution in [2.75, 3.05) is 0 Å². The van der Waals surface area contributed by atoms with Gasteiger partial charge in [0.1, 0.15) is 6.95 Å². The van der Waals surface area contributed by atoms with Crippen LogP contribution in [0.15, 0.2) is 40.9 Å². The molecule has 0 fully saturated rings. The first-order chi connectivity index (χ1) is 6.95. The van der Waals surface area contributed by atoms with E-state index in [1.54, 1.807) is 0 Å². The second-order valence-electron chi connectivity index (χ2n) is 1.53. The van der Waals surface area contributed by atoms with Gasteiger partial charge in [0.05, 0.1) is 13.1 Å². The van der Waals surface area contributed by atoms with Crippen molar-refractivity contribution in [1.82, 2.24) is 0 Å². The lowest BCUT2D eigenvalue weighted by atomic mass is 10.3. The minimum atomic E-state index is -0.447.